The zero-order valence-corrected chi connectivity index (χ0v) is 12.5. The fourth-order valence-corrected chi connectivity index (χ4v) is 2.52. The van der Waals surface area contributed by atoms with Crippen molar-refractivity contribution in [3.63, 3.8) is 0 Å². The highest BCUT2D eigenvalue weighted by atomic mass is 35.5. The molecule has 1 heterocycles. The number of para-hydroxylation sites is 1. The first-order valence-corrected chi connectivity index (χ1v) is 7.10. The number of ether oxygens (including phenoxy) is 2. The molecule has 1 aliphatic heterocycles. The second-order valence-corrected chi connectivity index (χ2v) is 5.17. The smallest absolute Gasteiger partial charge is 0.154 e. The van der Waals surface area contributed by atoms with Crippen molar-refractivity contribution in [3.05, 3.63) is 77.0 Å². The fraction of sp³-hybridized carbons (Fsp3) is 0.0556. The normalized spacial score (nSPS) is 16.0. The minimum atomic E-state index is 0.231. The molecule has 0 unspecified atom stereocenters. The molecule has 0 atom stereocenters. The molecule has 0 N–H and O–H groups in total. The molecule has 1 aliphatic rings. The first-order chi connectivity index (χ1) is 10.7. The largest absolute Gasteiger partial charge is 0.485 e. The summed E-state index contributed by atoms with van der Waals surface area (Å²) in [6.45, 7) is 4.04. The standard InChI is InChI=1S/C18H13ClO3/c1-12-11-21-17-9-5-3-7-14(17)18(22-12)15(10-20)13-6-2-4-8-16(13)19/h2-10H,1,11H2/b18-15+. The van der Waals surface area contributed by atoms with E-state index in [0.29, 0.717) is 39.0 Å². The van der Waals surface area contributed by atoms with E-state index in [1.165, 1.54) is 0 Å². The third-order valence-electron chi connectivity index (χ3n) is 3.29. The van der Waals surface area contributed by atoms with Gasteiger partial charge in [0.15, 0.2) is 6.29 Å². The third-order valence-corrected chi connectivity index (χ3v) is 3.62. The van der Waals surface area contributed by atoms with E-state index in [9.17, 15) is 4.79 Å². The van der Waals surface area contributed by atoms with Crippen LogP contribution in [-0.4, -0.2) is 12.9 Å². The lowest BCUT2D eigenvalue weighted by atomic mass is 10.0. The second-order valence-electron chi connectivity index (χ2n) is 4.77. The Hall–Kier alpha value is -2.52. The maximum atomic E-state index is 11.7. The van der Waals surface area contributed by atoms with Crippen LogP contribution in [0.3, 0.4) is 0 Å². The van der Waals surface area contributed by atoms with Crippen molar-refractivity contribution in [2.24, 2.45) is 0 Å². The summed E-state index contributed by atoms with van der Waals surface area (Å²) in [5.41, 5.74) is 1.67. The molecule has 2 aromatic carbocycles. The fourth-order valence-electron chi connectivity index (χ4n) is 2.29. The molecule has 4 heteroatoms. The lowest BCUT2D eigenvalue weighted by Gasteiger charge is -2.13. The number of rotatable bonds is 2. The number of carbonyl (C=O) groups is 1. The zero-order chi connectivity index (χ0) is 15.5. The highest BCUT2D eigenvalue weighted by Crippen LogP contribution is 2.37. The predicted molar refractivity (Wildman–Crippen MR) is 86.5 cm³/mol. The van der Waals surface area contributed by atoms with Crippen molar-refractivity contribution in [2.45, 2.75) is 0 Å². The van der Waals surface area contributed by atoms with Crippen molar-refractivity contribution >= 4 is 29.2 Å². The van der Waals surface area contributed by atoms with Gasteiger partial charge in [0.2, 0.25) is 0 Å². The van der Waals surface area contributed by atoms with Gasteiger partial charge in [-0.05, 0) is 18.2 Å². The molecule has 0 aliphatic carbocycles. The molecule has 0 spiro atoms. The number of carbonyl (C=O) groups excluding carboxylic acids is 1. The quantitative estimate of drug-likeness (QED) is 0.611. The highest BCUT2D eigenvalue weighted by molar-refractivity contribution is 6.34. The van der Waals surface area contributed by atoms with Crippen molar-refractivity contribution < 1.29 is 14.3 Å². The van der Waals surface area contributed by atoms with Gasteiger partial charge in [0, 0.05) is 10.6 Å². The van der Waals surface area contributed by atoms with Gasteiger partial charge in [-0.25, -0.2) is 0 Å². The van der Waals surface area contributed by atoms with Crippen molar-refractivity contribution in [3.8, 4) is 5.75 Å². The van der Waals surface area contributed by atoms with Gasteiger partial charge < -0.3 is 9.47 Å². The number of aldehydes is 1. The Bertz CT molecular complexity index is 777. The number of hydrogen-bond donors (Lipinski definition) is 0. The Balaban J connectivity index is 2.28. The zero-order valence-electron chi connectivity index (χ0n) is 11.7. The third kappa shape index (κ3) is 2.63. The van der Waals surface area contributed by atoms with Crippen LogP contribution < -0.4 is 4.74 Å². The molecule has 0 aromatic heterocycles. The molecule has 0 saturated carbocycles. The number of halogens is 1. The molecule has 3 nitrogen and oxygen atoms in total. The van der Waals surface area contributed by atoms with E-state index >= 15 is 0 Å². The summed E-state index contributed by atoms with van der Waals surface area (Å²) in [5, 5.41) is 0.481. The van der Waals surface area contributed by atoms with Crippen LogP contribution in [0.4, 0.5) is 0 Å². The van der Waals surface area contributed by atoms with Crippen LogP contribution in [0.15, 0.2) is 60.9 Å². The van der Waals surface area contributed by atoms with Crippen LogP contribution in [0, 0.1) is 0 Å². The molecule has 22 heavy (non-hydrogen) atoms. The first kappa shape index (κ1) is 14.4. The van der Waals surface area contributed by atoms with Gasteiger partial charge >= 0.3 is 0 Å². The van der Waals surface area contributed by atoms with E-state index in [4.69, 9.17) is 21.1 Å². The summed E-state index contributed by atoms with van der Waals surface area (Å²) < 4.78 is 11.4. The first-order valence-electron chi connectivity index (χ1n) is 6.73. The van der Waals surface area contributed by atoms with Gasteiger partial charge in [0.25, 0.3) is 0 Å². The molecule has 0 bridgehead atoms. The number of fused-ring (bicyclic) bond motifs is 1. The Labute approximate surface area is 133 Å². The lowest BCUT2D eigenvalue weighted by molar-refractivity contribution is -0.103. The molecule has 0 radical (unpaired) electrons. The van der Waals surface area contributed by atoms with E-state index in [2.05, 4.69) is 6.58 Å². The molecule has 110 valence electrons. The lowest BCUT2D eigenvalue weighted by Crippen LogP contribution is -1.99. The maximum Gasteiger partial charge on any atom is 0.154 e. The second kappa shape index (κ2) is 6.08. The average molecular weight is 313 g/mol. The summed E-state index contributed by atoms with van der Waals surface area (Å²) in [4.78, 5) is 11.7. The van der Waals surface area contributed by atoms with E-state index in [1.807, 2.05) is 36.4 Å². The Kier molecular flexibility index (Phi) is 3.98. The van der Waals surface area contributed by atoms with Gasteiger partial charge in [-0.3, -0.25) is 4.79 Å². The summed E-state index contributed by atoms with van der Waals surface area (Å²) in [6.07, 6.45) is 0.742. The molecule has 3 rings (SSSR count). The molecule has 2 aromatic rings. The maximum absolute atomic E-state index is 11.7. The molecular formula is C18H13ClO3. The summed E-state index contributed by atoms with van der Waals surface area (Å²) in [6, 6.07) is 14.5. The highest BCUT2D eigenvalue weighted by Gasteiger charge is 2.22. The number of allylic oxidation sites excluding steroid dienone is 1. The van der Waals surface area contributed by atoms with Crippen LogP contribution >= 0.6 is 11.6 Å². The average Bonchev–Trinajstić information content (AvgIpc) is 2.70. The predicted octanol–water partition coefficient (Wildman–Crippen LogP) is 4.33. The molecule has 0 saturated heterocycles. The van der Waals surface area contributed by atoms with Crippen LogP contribution in [0.2, 0.25) is 5.02 Å². The van der Waals surface area contributed by atoms with Crippen LogP contribution in [0.25, 0.3) is 11.3 Å². The van der Waals surface area contributed by atoms with E-state index in [1.54, 1.807) is 12.1 Å². The number of hydrogen-bond acceptors (Lipinski definition) is 3. The Morgan fingerprint density at radius 2 is 1.86 bits per heavy atom. The monoisotopic (exact) mass is 312 g/mol. The Morgan fingerprint density at radius 3 is 2.64 bits per heavy atom. The van der Waals surface area contributed by atoms with Crippen LogP contribution in [0.1, 0.15) is 11.1 Å². The summed E-state index contributed by atoms with van der Waals surface area (Å²) in [5.74, 6) is 1.47. The van der Waals surface area contributed by atoms with Gasteiger partial charge in [-0.2, -0.15) is 0 Å². The molecule has 0 amide bonds. The van der Waals surface area contributed by atoms with Gasteiger partial charge in [-0.1, -0.05) is 48.5 Å². The topological polar surface area (TPSA) is 35.5 Å². The van der Waals surface area contributed by atoms with Gasteiger partial charge in [0.05, 0.1) is 11.1 Å². The minimum absolute atomic E-state index is 0.231. The van der Waals surface area contributed by atoms with Gasteiger partial charge in [-0.15, -0.1) is 0 Å². The van der Waals surface area contributed by atoms with E-state index in [-0.39, 0.29) is 6.61 Å². The van der Waals surface area contributed by atoms with Crippen molar-refractivity contribution in [2.75, 3.05) is 6.61 Å². The SMILES string of the molecule is C=C1COc2ccccc2/C(=C(/C=O)c2ccccc2Cl)O1. The van der Waals surface area contributed by atoms with E-state index in [0.717, 1.165) is 6.29 Å². The van der Waals surface area contributed by atoms with Crippen molar-refractivity contribution in [1.29, 1.82) is 0 Å². The minimum Gasteiger partial charge on any atom is -0.485 e. The summed E-state index contributed by atoms with van der Waals surface area (Å²) in [7, 11) is 0. The molecular weight excluding hydrogens is 300 g/mol. The van der Waals surface area contributed by atoms with Crippen molar-refractivity contribution in [1.82, 2.24) is 0 Å². The van der Waals surface area contributed by atoms with E-state index < -0.39 is 0 Å². The number of benzene rings is 2. The summed E-state index contributed by atoms with van der Waals surface area (Å²) >= 11 is 6.22. The van der Waals surface area contributed by atoms with Gasteiger partial charge in [0.1, 0.15) is 23.9 Å². The Morgan fingerprint density at radius 1 is 1.14 bits per heavy atom. The molecule has 0 fully saturated rings. The van der Waals surface area contributed by atoms with Crippen LogP contribution in [0.5, 0.6) is 5.75 Å². The van der Waals surface area contributed by atoms with Crippen LogP contribution in [-0.2, 0) is 9.53 Å².